The maximum absolute atomic E-state index is 11.6. The molecule has 0 aromatic carbocycles. The van der Waals surface area contributed by atoms with Gasteiger partial charge in [-0.3, -0.25) is 0 Å². The Hall–Kier alpha value is -1.30. The van der Waals surface area contributed by atoms with Crippen molar-refractivity contribution in [2.24, 2.45) is 0 Å². The van der Waals surface area contributed by atoms with Gasteiger partial charge in [-0.2, -0.15) is 0 Å². The van der Waals surface area contributed by atoms with Gasteiger partial charge < -0.3 is 19.9 Å². The van der Waals surface area contributed by atoms with E-state index in [1.165, 1.54) is 0 Å². The minimum Gasteiger partial charge on any atom is -0.480 e. The molecule has 1 aliphatic heterocycles. The Morgan fingerprint density at radius 2 is 2.00 bits per heavy atom. The van der Waals surface area contributed by atoms with Crippen LogP contribution in [0.15, 0.2) is 0 Å². The molecule has 0 aromatic heterocycles. The van der Waals surface area contributed by atoms with Gasteiger partial charge >= 0.3 is 12.1 Å². The number of hydrogen-bond donors (Lipinski definition) is 2. The van der Waals surface area contributed by atoms with Gasteiger partial charge in [0, 0.05) is 0 Å². The highest BCUT2D eigenvalue weighted by atomic mass is 16.6. The van der Waals surface area contributed by atoms with E-state index >= 15 is 0 Å². The third-order valence-electron chi connectivity index (χ3n) is 2.57. The Bertz CT molecular complexity index is 323. The lowest BCUT2D eigenvalue weighted by atomic mass is 10.1. The van der Waals surface area contributed by atoms with Crippen LogP contribution in [0.3, 0.4) is 0 Å². The molecule has 1 heterocycles. The zero-order valence-corrected chi connectivity index (χ0v) is 11.2. The number of rotatable bonds is 3. The average molecular weight is 259 g/mol. The maximum Gasteiger partial charge on any atom is 0.408 e. The predicted octanol–water partition coefficient (Wildman–Crippen LogP) is 1.53. The van der Waals surface area contributed by atoms with E-state index in [1.54, 1.807) is 20.8 Å². The van der Waals surface area contributed by atoms with Crippen molar-refractivity contribution in [2.75, 3.05) is 0 Å². The molecule has 3 atom stereocenters. The lowest BCUT2D eigenvalue weighted by Crippen LogP contribution is -2.50. The van der Waals surface area contributed by atoms with Crippen LogP contribution in [0.4, 0.5) is 4.79 Å². The molecule has 1 rings (SSSR count). The molecule has 0 saturated carbocycles. The van der Waals surface area contributed by atoms with E-state index in [-0.39, 0.29) is 6.10 Å². The van der Waals surface area contributed by atoms with Gasteiger partial charge in [0.2, 0.25) is 0 Å². The lowest BCUT2D eigenvalue weighted by molar-refractivity contribution is -0.143. The summed E-state index contributed by atoms with van der Waals surface area (Å²) in [6.07, 6.45) is 0.207. The second kappa shape index (κ2) is 5.56. The summed E-state index contributed by atoms with van der Waals surface area (Å²) in [6, 6.07) is -1.07. The first-order valence-corrected chi connectivity index (χ1v) is 6.07. The summed E-state index contributed by atoms with van der Waals surface area (Å²) in [5.41, 5.74) is -0.656. The molecule has 104 valence electrons. The fourth-order valence-corrected chi connectivity index (χ4v) is 1.83. The van der Waals surface area contributed by atoms with Crippen molar-refractivity contribution in [3.63, 3.8) is 0 Å². The van der Waals surface area contributed by atoms with Crippen LogP contribution in [0.1, 0.15) is 40.5 Å². The molecule has 1 amide bonds. The monoisotopic (exact) mass is 259 g/mol. The maximum atomic E-state index is 11.6. The SMILES string of the molecule is CC1CCC(C(NC(=O)OC(C)(C)C)C(=O)O)O1. The zero-order valence-electron chi connectivity index (χ0n) is 11.2. The molecule has 18 heavy (non-hydrogen) atoms. The zero-order chi connectivity index (χ0) is 13.9. The summed E-state index contributed by atoms with van der Waals surface area (Å²) in [5.74, 6) is -1.11. The number of ether oxygens (including phenoxy) is 2. The van der Waals surface area contributed by atoms with Crippen molar-refractivity contribution < 1.29 is 24.2 Å². The molecule has 1 fully saturated rings. The summed E-state index contributed by atoms with van der Waals surface area (Å²) in [6.45, 7) is 7.04. The van der Waals surface area contributed by atoms with E-state index in [2.05, 4.69) is 5.32 Å². The molecule has 6 heteroatoms. The summed E-state index contributed by atoms with van der Waals surface area (Å²) >= 11 is 0. The number of amides is 1. The van der Waals surface area contributed by atoms with Gasteiger partial charge in [-0.25, -0.2) is 9.59 Å². The van der Waals surface area contributed by atoms with E-state index in [0.717, 1.165) is 6.42 Å². The number of carbonyl (C=O) groups excluding carboxylic acids is 1. The van der Waals surface area contributed by atoms with Crippen LogP contribution < -0.4 is 5.32 Å². The van der Waals surface area contributed by atoms with E-state index in [0.29, 0.717) is 6.42 Å². The summed E-state index contributed by atoms with van der Waals surface area (Å²) < 4.78 is 10.5. The van der Waals surface area contributed by atoms with Gasteiger partial charge in [0.15, 0.2) is 6.04 Å². The Balaban J connectivity index is 2.58. The number of aliphatic carboxylic acids is 1. The van der Waals surface area contributed by atoms with Gasteiger partial charge in [0.25, 0.3) is 0 Å². The highest BCUT2D eigenvalue weighted by Gasteiger charge is 2.36. The first kappa shape index (κ1) is 14.8. The molecule has 2 N–H and O–H groups in total. The molecular formula is C12H21NO5. The Morgan fingerprint density at radius 1 is 1.39 bits per heavy atom. The van der Waals surface area contributed by atoms with Crippen molar-refractivity contribution in [3.8, 4) is 0 Å². The normalized spacial score (nSPS) is 25.6. The van der Waals surface area contributed by atoms with Crippen molar-refractivity contribution in [3.05, 3.63) is 0 Å². The van der Waals surface area contributed by atoms with Crippen LogP contribution in [0, 0.1) is 0 Å². The minimum atomic E-state index is -1.11. The Kier molecular flexibility index (Phi) is 4.56. The smallest absolute Gasteiger partial charge is 0.408 e. The molecule has 0 spiro atoms. The number of carboxylic acid groups (broad SMARTS) is 1. The number of hydrogen-bond acceptors (Lipinski definition) is 4. The fraction of sp³-hybridized carbons (Fsp3) is 0.833. The number of carbonyl (C=O) groups is 2. The largest absolute Gasteiger partial charge is 0.480 e. The first-order valence-electron chi connectivity index (χ1n) is 6.07. The van der Waals surface area contributed by atoms with Crippen molar-refractivity contribution >= 4 is 12.1 Å². The van der Waals surface area contributed by atoms with Crippen molar-refractivity contribution in [2.45, 2.75) is 64.4 Å². The summed E-state index contributed by atoms with van der Waals surface area (Å²) in [7, 11) is 0. The van der Waals surface area contributed by atoms with Crippen LogP contribution >= 0.6 is 0 Å². The third-order valence-corrected chi connectivity index (χ3v) is 2.57. The number of alkyl carbamates (subject to hydrolysis) is 1. The van der Waals surface area contributed by atoms with Crippen molar-refractivity contribution in [1.29, 1.82) is 0 Å². The molecule has 0 bridgehead atoms. The molecule has 3 unspecified atom stereocenters. The summed E-state index contributed by atoms with van der Waals surface area (Å²) in [4.78, 5) is 22.7. The average Bonchev–Trinajstić information content (AvgIpc) is 2.57. The van der Waals surface area contributed by atoms with E-state index in [9.17, 15) is 9.59 Å². The second-order valence-corrected chi connectivity index (χ2v) is 5.52. The molecule has 1 saturated heterocycles. The van der Waals surface area contributed by atoms with Gasteiger partial charge in [-0.15, -0.1) is 0 Å². The van der Waals surface area contributed by atoms with Crippen LogP contribution in [-0.2, 0) is 14.3 Å². The van der Waals surface area contributed by atoms with Crippen LogP contribution in [0.25, 0.3) is 0 Å². The molecular weight excluding hydrogens is 238 g/mol. The van der Waals surface area contributed by atoms with Gasteiger partial charge in [-0.1, -0.05) is 0 Å². The van der Waals surface area contributed by atoms with Crippen LogP contribution in [0.2, 0.25) is 0 Å². The van der Waals surface area contributed by atoms with Gasteiger partial charge in [0.05, 0.1) is 12.2 Å². The van der Waals surface area contributed by atoms with E-state index in [1.807, 2.05) is 6.92 Å². The van der Waals surface area contributed by atoms with E-state index < -0.39 is 29.8 Å². The molecule has 0 radical (unpaired) electrons. The van der Waals surface area contributed by atoms with E-state index in [4.69, 9.17) is 14.6 Å². The molecule has 6 nitrogen and oxygen atoms in total. The highest BCUT2D eigenvalue weighted by Crippen LogP contribution is 2.22. The Labute approximate surface area is 107 Å². The predicted molar refractivity (Wildman–Crippen MR) is 64.4 cm³/mol. The molecule has 0 aliphatic carbocycles. The molecule has 1 aliphatic rings. The lowest BCUT2D eigenvalue weighted by Gasteiger charge is -2.24. The summed E-state index contributed by atoms with van der Waals surface area (Å²) in [5, 5.41) is 11.5. The second-order valence-electron chi connectivity index (χ2n) is 5.52. The van der Waals surface area contributed by atoms with Crippen LogP contribution in [-0.4, -0.2) is 41.0 Å². The van der Waals surface area contributed by atoms with Crippen molar-refractivity contribution in [1.82, 2.24) is 5.32 Å². The number of nitrogens with one attached hydrogen (secondary N) is 1. The van der Waals surface area contributed by atoms with Gasteiger partial charge in [0.1, 0.15) is 5.60 Å². The standard InChI is InChI=1S/C12H21NO5/c1-7-5-6-8(17-7)9(10(14)15)13-11(16)18-12(2,3)4/h7-9H,5-6H2,1-4H3,(H,13,16)(H,14,15). The minimum absolute atomic E-state index is 0.0253. The number of carboxylic acids is 1. The topological polar surface area (TPSA) is 84.9 Å². The van der Waals surface area contributed by atoms with Crippen LogP contribution in [0.5, 0.6) is 0 Å². The Morgan fingerprint density at radius 3 is 2.39 bits per heavy atom. The quantitative estimate of drug-likeness (QED) is 0.803. The molecule has 0 aromatic rings. The highest BCUT2D eigenvalue weighted by molar-refractivity contribution is 5.80. The van der Waals surface area contributed by atoms with Gasteiger partial charge in [-0.05, 0) is 40.5 Å². The fourth-order valence-electron chi connectivity index (χ4n) is 1.83. The first-order chi connectivity index (χ1) is 8.19. The third kappa shape index (κ3) is 4.52.